The smallest absolute Gasteiger partial charge is 0.249 e. The molecule has 0 bridgehead atoms. The highest BCUT2D eigenvalue weighted by molar-refractivity contribution is 6.00. The van der Waals surface area contributed by atoms with Crippen LogP contribution in [0.4, 0.5) is 21.7 Å². The Hall–Kier alpha value is -5.89. The highest BCUT2D eigenvalue weighted by Gasteiger charge is 2.30. The summed E-state index contributed by atoms with van der Waals surface area (Å²) in [6.45, 7) is 6.01. The molecule has 2 atom stereocenters. The molecule has 9 rings (SSSR count). The zero-order valence-electron chi connectivity index (χ0n) is 29.2. The van der Waals surface area contributed by atoms with E-state index in [1.807, 2.05) is 63.8 Å². The Morgan fingerprint density at radius 2 is 1.74 bits per heavy atom. The van der Waals surface area contributed by atoms with Gasteiger partial charge in [0, 0.05) is 52.2 Å². The highest BCUT2D eigenvalue weighted by Crippen LogP contribution is 2.36. The molecule has 2 aromatic carbocycles. The van der Waals surface area contributed by atoms with Crippen LogP contribution in [0.5, 0.6) is 0 Å². The Morgan fingerprint density at radius 1 is 0.868 bits per heavy atom. The van der Waals surface area contributed by atoms with Crippen molar-refractivity contribution >= 4 is 45.8 Å². The molecule has 7 heterocycles. The van der Waals surface area contributed by atoms with E-state index < -0.39 is 6.04 Å². The number of nitrogens with one attached hydrogen (secondary N) is 2. The summed E-state index contributed by atoms with van der Waals surface area (Å²) >= 11 is 0. The number of pyridine rings is 1. The first-order chi connectivity index (χ1) is 26.0. The Balaban J connectivity index is 0.836. The van der Waals surface area contributed by atoms with Gasteiger partial charge in [-0.1, -0.05) is 24.3 Å². The number of nitrogens with zero attached hydrogens (tertiary/aromatic N) is 9. The number of amides is 2. The molecule has 3 aliphatic heterocycles. The molecule has 0 aliphatic carbocycles. The number of hydrogen-bond donors (Lipinski definition) is 2. The van der Waals surface area contributed by atoms with Crippen molar-refractivity contribution in [3.05, 3.63) is 96.7 Å². The van der Waals surface area contributed by atoms with Crippen LogP contribution in [0, 0.1) is 5.82 Å². The van der Waals surface area contributed by atoms with Gasteiger partial charge in [-0.25, -0.2) is 23.9 Å². The molecule has 14 heteroatoms. The Kier molecular flexibility index (Phi) is 8.66. The average Bonchev–Trinajstić information content (AvgIpc) is 3.94. The molecular weight excluding hydrogens is 674 g/mol. The number of hydrogen-bond acceptors (Lipinski definition) is 10. The molecule has 0 saturated carbocycles. The number of aromatic nitrogens is 6. The first-order valence-corrected chi connectivity index (χ1v) is 18.3. The fraction of sp³-hybridized carbons (Fsp3) is 0.333. The highest BCUT2D eigenvalue weighted by atomic mass is 19.1. The molecule has 3 saturated heterocycles. The number of benzene rings is 2. The zero-order valence-corrected chi connectivity index (χ0v) is 29.2. The second-order valence-electron chi connectivity index (χ2n) is 13.9. The van der Waals surface area contributed by atoms with Gasteiger partial charge in [0.2, 0.25) is 11.8 Å². The molecule has 4 aromatic heterocycles. The van der Waals surface area contributed by atoms with Crippen LogP contribution in [0.15, 0.2) is 85.3 Å². The summed E-state index contributed by atoms with van der Waals surface area (Å²) in [6, 6.07) is 22.5. The summed E-state index contributed by atoms with van der Waals surface area (Å²) in [5.74, 6) is 1.04. The largest absolute Gasteiger partial charge is 0.382 e. The van der Waals surface area contributed by atoms with E-state index in [4.69, 9.17) is 10.1 Å². The van der Waals surface area contributed by atoms with E-state index in [9.17, 15) is 14.0 Å². The number of piperazine rings is 1. The normalized spacial score (nSPS) is 19.7. The molecule has 53 heavy (non-hydrogen) atoms. The Bertz CT molecular complexity index is 2310. The average molecular weight is 714 g/mol. The summed E-state index contributed by atoms with van der Waals surface area (Å²) in [5.41, 5.74) is 5.96. The van der Waals surface area contributed by atoms with Crippen LogP contribution < -0.4 is 20.4 Å². The second kappa shape index (κ2) is 13.9. The van der Waals surface area contributed by atoms with Gasteiger partial charge in [0.05, 0.1) is 35.5 Å². The molecular formula is C39H40FN11O2. The summed E-state index contributed by atoms with van der Waals surface area (Å²) < 4.78 is 17.8. The third-order valence-corrected chi connectivity index (χ3v) is 10.7. The van der Waals surface area contributed by atoms with Gasteiger partial charge in [0.15, 0.2) is 5.65 Å². The lowest BCUT2D eigenvalue weighted by molar-refractivity contribution is -0.135. The topological polar surface area (TPSA) is 129 Å². The number of carbonyl (C=O) groups is 2. The molecule has 2 amide bonds. The van der Waals surface area contributed by atoms with Crippen LogP contribution >= 0.6 is 0 Å². The number of anilines is 3. The van der Waals surface area contributed by atoms with Crippen molar-refractivity contribution in [1.29, 1.82) is 0 Å². The van der Waals surface area contributed by atoms with Crippen molar-refractivity contribution in [2.24, 2.45) is 0 Å². The third-order valence-electron chi connectivity index (χ3n) is 10.7. The SMILES string of the molecule is O=C1CCC(n2cnc3c(NCCN4CCN(c5cccc(-c6cnc7ccc(N8CCC[C@@H]8c8cccc(F)c8)nn67)n5)CC4)cccc32)C(=O)N1. The molecule has 0 spiro atoms. The summed E-state index contributed by atoms with van der Waals surface area (Å²) in [5, 5.41) is 11.0. The van der Waals surface area contributed by atoms with Crippen molar-refractivity contribution in [2.75, 3.05) is 60.9 Å². The fourth-order valence-electron chi connectivity index (χ4n) is 7.98. The number of fused-ring (bicyclic) bond motifs is 2. The molecule has 3 fully saturated rings. The predicted molar refractivity (Wildman–Crippen MR) is 200 cm³/mol. The number of para-hydroxylation sites is 1. The minimum atomic E-state index is -0.439. The van der Waals surface area contributed by atoms with Crippen LogP contribution in [0.25, 0.3) is 28.1 Å². The van der Waals surface area contributed by atoms with Crippen LogP contribution in [0.1, 0.15) is 43.3 Å². The number of piperidine rings is 1. The number of rotatable bonds is 9. The maximum Gasteiger partial charge on any atom is 0.249 e. The number of imidazole rings is 2. The minimum absolute atomic E-state index is 0.0737. The van der Waals surface area contributed by atoms with E-state index in [2.05, 4.69) is 41.4 Å². The van der Waals surface area contributed by atoms with Gasteiger partial charge in [-0.05, 0) is 73.4 Å². The third kappa shape index (κ3) is 6.43. The molecule has 13 nitrogen and oxygen atoms in total. The summed E-state index contributed by atoms with van der Waals surface area (Å²) in [6.07, 6.45) is 6.28. The van der Waals surface area contributed by atoms with Crippen molar-refractivity contribution < 1.29 is 14.0 Å². The monoisotopic (exact) mass is 713 g/mol. The quantitative estimate of drug-likeness (QED) is 0.201. The van der Waals surface area contributed by atoms with Gasteiger partial charge in [0.1, 0.15) is 34.7 Å². The van der Waals surface area contributed by atoms with Gasteiger partial charge in [-0.2, -0.15) is 0 Å². The van der Waals surface area contributed by atoms with Gasteiger partial charge in [-0.3, -0.25) is 19.8 Å². The van der Waals surface area contributed by atoms with E-state index >= 15 is 0 Å². The first kappa shape index (κ1) is 33.0. The van der Waals surface area contributed by atoms with Crippen molar-refractivity contribution in [3.8, 4) is 11.4 Å². The van der Waals surface area contributed by atoms with E-state index in [1.54, 1.807) is 18.5 Å². The number of imide groups is 1. The molecule has 3 aliphatic rings. The lowest BCUT2D eigenvalue weighted by Gasteiger charge is -2.35. The molecule has 2 N–H and O–H groups in total. The van der Waals surface area contributed by atoms with E-state index in [0.29, 0.717) is 12.8 Å². The van der Waals surface area contributed by atoms with Gasteiger partial charge >= 0.3 is 0 Å². The summed E-state index contributed by atoms with van der Waals surface area (Å²) in [7, 11) is 0. The van der Waals surface area contributed by atoms with E-state index in [0.717, 1.165) is 110 Å². The van der Waals surface area contributed by atoms with E-state index in [-0.39, 0.29) is 23.7 Å². The maximum absolute atomic E-state index is 14.1. The standard InChI is InChI=1S/C39H40FN11O2/c40-27-6-1-5-26(23-27)30-10-4-17-49(30)36-14-13-34-42-24-33(51(34)46-36)28-7-3-11-35(44-28)48-21-19-47(20-22-48)18-16-41-29-8-2-9-31-38(29)43-25-50(31)32-12-15-37(52)45-39(32)53/h1-3,5-9,11,13-14,23-25,30,32,41H,4,10,12,15-22H2,(H,45,52,53)/t30-,32?/m1/s1. The van der Waals surface area contributed by atoms with Crippen LogP contribution in [-0.2, 0) is 9.59 Å². The lowest BCUT2D eigenvalue weighted by Crippen LogP contribution is -2.47. The predicted octanol–water partition coefficient (Wildman–Crippen LogP) is 4.83. The van der Waals surface area contributed by atoms with Crippen molar-refractivity contribution in [3.63, 3.8) is 0 Å². The van der Waals surface area contributed by atoms with Crippen LogP contribution in [-0.4, -0.2) is 91.7 Å². The van der Waals surface area contributed by atoms with Crippen LogP contribution in [0.3, 0.4) is 0 Å². The molecule has 0 radical (unpaired) electrons. The van der Waals surface area contributed by atoms with Crippen molar-refractivity contribution in [1.82, 2.24) is 39.3 Å². The van der Waals surface area contributed by atoms with Gasteiger partial charge in [-0.15, -0.1) is 5.10 Å². The summed E-state index contributed by atoms with van der Waals surface area (Å²) in [4.78, 5) is 45.5. The Morgan fingerprint density at radius 3 is 2.60 bits per heavy atom. The van der Waals surface area contributed by atoms with Crippen LogP contribution in [0.2, 0.25) is 0 Å². The van der Waals surface area contributed by atoms with Gasteiger partial charge < -0.3 is 19.7 Å². The molecule has 6 aromatic rings. The molecule has 270 valence electrons. The molecule has 1 unspecified atom stereocenters. The second-order valence-corrected chi connectivity index (χ2v) is 13.9. The van der Waals surface area contributed by atoms with Crippen molar-refractivity contribution in [2.45, 2.75) is 37.8 Å². The van der Waals surface area contributed by atoms with Gasteiger partial charge in [0.25, 0.3) is 0 Å². The maximum atomic E-state index is 14.1. The Labute approximate surface area is 305 Å². The van der Waals surface area contributed by atoms with E-state index in [1.165, 1.54) is 6.07 Å². The lowest BCUT2D eigenvalue weighted by atomic mass is 10.0. The number of carbonyl (C=O) groups excluding carboxylic acids is 2. The fourth-order valence-corrected chi connectivity index (χ4v) is 7.98. The number of halogens is 1. The first-order valence-electron chi connectivity index (χ1n) is 18.3. The zero-order chi connectivity index (χ0) is 35.9. The minimum Gasteiger partial charge on any atom is -0.382 e.